The zero-order valence-electron chi connectivity index (χ0n) is 15.0. The molecule has 2 rings (SSSR count). The van der Waals surface area contributed by atoms with E-state index in [1.165, 1.54) is 0 Å². The number of hydrogen-bond donors (Lipinski definition) is 2. The minimum atomic E-state index is -0.166. The molecule has 2 amide bonds. The van der Waals surface area contributed by atoms with E-state index in [4.69, 9.17) is 0 Å². The van der Waals surface area contributed by atoms with Crippen molar-refractivity contribution < 1.29 is 9.59 Å². The van der Waals surface area contributed by atoms with Crippen LogP contribution in [0.25, 0.3) is 0 Å². The number of amides is 2. The highest BCUT2D eigenvalue weighted by Crippen LogP contribution is 2.22. The SMILES string of the molecule is CCN(CC(=O)NC(C)C)C(=O)c1ccccc1Nc1ccccc1. The van der Waals surface area contributed by atoms with E-state index >= 15 is 0 Å². The minimum absolute atomic E-state index is 0.0488. The summed E-state index contributed by atoms with van der Waals surface area (Å²) in [6, 6.07) is 17.1. The van der Waals surface area contributed by atoms with Gasteiger partial charge in [-0.2, -0.15) is 0 Å². The zero-order valence-corrected chi connectivity index (χ0v) is 15.0. The topological polar surface area (TPSA) is 61.4 Å². The Morgan fingerprint density at radius 2 is 1.64 bits per heavy atom. The number of para-hydroxylation sites is 2. The number of benzene rings is 2. The van der Waals surface area contributed by atoms with Crippen molar-refractivity contribution in [2.75, 3.05) is 18.4 Å². The molecule has 5 heteroatoms. The van der Waals surface area contributed by atoms with E-state index in [1.807, 2.05) is 69.3 Å². The lowest BCUT2D eigenvalue weighted by Crippen LogP contribution is -2.42. The summed E-state index contributed by atoms with van der Waals surface area (Å²) in [4.78, 5) is 26.5. The Hall–Kier alpha value is -2.82. The quantitative estimate of drug-likeness (QED) is 0.812. The first-order chi connectivity index (χ1) is 12.0. The average Bonchev–Trinajstić information content (AvgIpc) is 2.60. The second-order valence-electron chi connectivity index (χ2n) is 6.08. The molecule has 0 aliphatic rings. The highest BCUT2D eigenvalue weighted by molar-refractivity contribution is 6.01. The Kier molecular flexibility index (Phi) is 6.57. The Morgan fingerprint density at radius 1 is 1.00 bits per heavy atom. The van der Waals surface area contributed by atoms with Crippen molar-refractivity contribution >= 4 is 23.2 Å². The van der Waals surface area contributed by atoms with E-state index in [0.717, 1.165) is 11.4 Å². The molecule has 0 saturated carbocycles. The Balaban J connectivity index is 2.18. The van der Waals surface area contributed by atoms with E-state index in [0.29, 0.717) is 12.1 Å². The van der Waals surface area contributed by atoms with Crippen molar-refractivity contribution in [1.29, 1.82) is 0 Å². The smallest absolute Gasteiger partial charge is 0.256 e. The number of anilines is 2. The summed E-state index contributed by atoms with van der Waals surface area (Å²) < 4.78 is 0. The van der Waals surface area contributed by atoms with Gasteiger partial charge in [-0.1, -0.05) is 30.3 Å². The number of nitrogens with zero attached hydrogens (tertiary/aromatic N) is 1. The summed E-state index contributed by atoms with van der Waals surface area (Å²) >= 11 is 0. The van der Waals surface area contributed by atoms with Crippen LogP contribution in [0.5, 0.6) is 0 Å². The van der Waals surface area contributed by atoms with Crippen molar-refractivity contribution in [3.8, 4) is 0 Å². The molecule has 0 aliphatic heterocycles. The number of hydrogen-bond acceptors (Lipinski definition) is 3. The fourth-order valence-electron chi connectivity index (χ4n) is 2.49. The van der Waals surface area contributed by atoms with Crippen molar-refractivity contribution in [1.82, 2.24) is 10.2 Å². The minimum Gasteiger partial charge on any atom is -0.355 e. The molecule has 2 aromatic carbocycles. The summed E-state index contributed by atoms with van der Waals surface area (Å²) in [6.45, 7) is 6.18. The molecule has 5 nitrogen and oxygen atoms in total. The van der Waals surface area contributed by atoms with Gasteiger partial charge in [0, 0.05) is 18.3 Å². The van der Waals surface area contributed by atoms with Crippen LogP contribution in [-0.4, -0.2) is 35.8 Å². The van der Waals surface area contributed by atoms with Crippen molar-refractivity contribution in [3.05, 3.63) is 60.2 Å². The summed E-state index contributed by atoms with van der Waals surface area (Å²) in [5.41, 5.74) is 2.18. The molecule has 0 unspecified atom stereocenters. The predicted octanol–water partition coefficient (Wildman–Crippen LogP) is 3.42. The van der Waals surface area contributed by atoms with Crippen LogP contribution in [-0.2, 0) is 4.79 Å². The van der Waals surface area contributed by atoms with Crippen molar-refractivity contribution in [2.24, 2.45) is 0 Å². The van der Waals surface area contributed by atoms with Gasteiger partial charge in [0.25, 0.3) is 5.91 Å². The molecule has 0 aliphatic carbocycles. The maximum Gasteiger partial charge on any atom is 0.256 e. The van der Waals surface area contributed by atoms with Crippen LogP contribution in [0.4, 0.5) is 11.4 Å². The molecule has 0 heterocycles. The summed E-state index contributed by atoms with van der Waals surface area (Å²) in [5.74, 6) is -0.320. The lowest BCUT2D eigenvalue weighted by molar-refractivity contribution is -0.122. The van der Waals surface area contributed by atoms with Gasteiger partial charge in [-0.25, -0.2) is 0 Å². The third-order valence-electron chi connectivity index (χ3n) is 3.66. The molecular weight excluding hydrogens is 314 g/mol. The van der Waals surface area contributed by atoms with Crippen LogP contribution in [0.1, 0.15) is 31.1 Å². The van der Waals surface area contributed by atoms with Crippen LogP contribution >= 0.6 is 0 Å². The maximum absolute atomic E-state index is 12.9. The third-order valence-corrected chi connectivity index (χ3v) is 3.66. The zero-order chi connectivity index (χ0) is 18.2. The van der Waals surface area contributed by atoms with Crippen LogP contribution in [0, 0.1) is 0 Å². The van der Waals surface area contributed by atoms with Gasteiger partial charge in [0.2, 0.25) is 5.91 Å². The Labute approximate surface area is 149 Å². The van der Waals surface area contributed by atoms with Crippen LogP contribution < -0.4 is 10.6 Å². The molecule has 0 aromatic heterocycles. The van der Waals surface area contributed by atoms with Gasteiger partial charge in [0.1, 0.15) is 0 Å². The molecule has 0 bridgehead atoms. The molecule has 0 atom stereocenters. The van der Waals surface area contributed by atoms with Crippen LogP contribution in [0.3, 0.4) is 0 Å². The largest absolute Gasteiger partial charge is 0.355 e. The molecule has 25 heavy (non-hydrogen) atoms. The van der Waals surface area contributed by atoms with E-state index < -0.39 is 0 Å². The first-order valence-corrected chi connectivity index (χ1v) is 8.51. The Morgan fingerprint density at radius 3 is 2.28 bits per heavy atom. The van der Waals surface area contributed by atoms with Gasteiger partial charge in [-0.15, -0.1) is 0 Å². The highest BCUT2D eigenvalue weighted by Gasteiger charge is 2.20. The average molecular weight is 339 g/mol. The van der Waals surface area contributed by atoms with E-state index in [-0.39, 0.29) is 24.4 Å². The standard InChI is InChI=1S/C20H25N3O2/c1-4-23(14-19(24)21-15(2)3)20(25)17-12-8-9-13-18(17)22-16-10-6-5-7-11-16/h5-13,15,22H,4,14H2,1-3H3,(H,21,24). The number of carbonyl (C=O) groups is 2. The predicted molar refractivity (Wildman–Crippen MR) is 101 cm³/mol. The van der Waals surface area contributed by atoms with E-state index in [2.05, 4.69) is 10.6 Å². The summed E-state index contributed by atoms with van der Waals surface area (Å²) in [5, 5.41) is 6.09. The van der Waals surface area contributed by atoms with Gasteiger partial charge in [0.15, 0.2) is 0 Å². The molecule has 2 aromatic rings. The maximum atomic E-state index is 12.9. The van der Waals surface area contributed by atoms with Crippen LogP contribution in [0.2, 0.25) is 0 Å². The van der Waals surface area contributed by atoms with E-state index in [9.17, 15) is 9.59 Å². The van der Waals surface area contributed by atoms with Gasteiger partial charge >= 0.3 is 0 Å². The van der Waals surface area contributed by atoms with E-state index in [1.54, 1.807) is 11.0 Å². The van der Waals surface area contributed by atoms with Crippen molar-refractivity contribution in [2.45, 2.75) is 26.8 Å². The fraction of sp³-hybridized carbons (Fsp3) is 0.300. The van der Waals surface area contributed by atoms with Gasteiger partial charge in [-0.3, -0.25) is 9.59 Å². The monoisotopic (exact) mass is 339 g/mol. The lowest BCUT2D eigenvalue weighted by atomic mass is 10.1. The second kappa shape index (κ2) is 8.87. The van der Waals surface area contributed by atoms with Gasteiger partial charge in [-0.05, 0) is 45.0 Å². The van der Waals surface area contributed by atoms with Crippen LogP contribution in [0.15, 0.2) is 54.6 Å². The molecule has 0 fully saturated rings. The molecular formula is C20H25N3O2. The molecule has 132 valence electrons. The number of rotatable bonds is 7. The van der Waals surface area contributed by atoms with Gasteiger partial charge < -0.3 is 15.5 Å². The molecule has 0 radical (unpaired) electrons. The van der Waals surface area contributed by atoms with Gasteiger partial charge in [0.05, 0.1) is 17.8 Å². The van der Waals surface area contributed by atoms with Crippen molar-refractivity contribution in [3.63, 3.8) is 0 Å². The number of carbonyl (C=O) groups excluding carboxylic acids is 2. The number of nitrogens with one attached hydrogen (secondary N) is 2. The number of likely N-dealkylation sites (N-methyl/N-ethyl adjacent to an activating group) is 1. The third kappa shape index (κ3) is 5.35. The molecule has 2 N–H and O–H groups in total. The summed E-state index contributed by atoms with van der Waals surface area (Å²) in [7, 11) is 0. The first kappa shape index (κ1) is 18.5. The Bertz CT molecular complexity index is 714. The normalized spacial score (nSPS) is 10.4. The summed E-state index contributed by atoms with van der Waals surface area (Å²) in [6.07, 6.45) is 0. The fourth-order valence-corrected chi connectivity index (χ4v) is 2.49. The molecule has 0 saturated heterocycles. The lowest BCUT2D eigenvalue weighted by Gasteiger charge is -2.22. The first-order valence-electron chi connectivity index (χ1n) is 8.51. The molecule has 0 spiro atoms. The second-order valence-corrected chi connectivity index (χ2v) is 6.08. The highest BCUT2D eigenvalue weighted by atomic mass is 16.2.